The van der Waals surface area contributed by atoms with Crippen LogP contribution in [0.4, 0.5) is 0 Å². The van der Waals surface area contributed by atoms with Crippen molar-refractivity contribution in [3.63, 3.8) is 0 Å². The Morgan fingerprint density at radius 3 is 1.10 bits per heavy atom. The van der Waals surface area contributed by atoms with E-state index in [1.807, 2.05) is 0 Å². The van der Waals surface area contributed by atoms with Gasteiger partial charge in [-0.1, -0.05) is 121 Å². The maximum absolute atomic E-state index is 6.95. The van der Waals surface area contributed by atoms with E-state index >= 15 is 0 Å². The summed E-state index contributed by atoms with van der Waals surface area (Å²) >= 11 is 0. The van der Waals surface area contributed by atoms with Crippen molar-refractivity contribution in [3.05, 3.63) is 194 Å². The molecule has 0 saturated heterocycles. The molecule has 0 aliphatic rings. The fourth-order valence-corrected chi connectivity index (χ4v) is 9.56. The van der Waals surface area contributed by atoms with E-state index in [9.17, 15) is 0 Å². The molecule has 0 radical (unpaired) electrons. The van der Waals surface area contributed by atoms with Crippen molar-refractivity contribution < 1.29 is 8.83 Å². The lowest BCUT2D eigenvalue weighted by Gasteiger charge is -2.08. The van der Waals surface area contributed by atoms with Crippen LogP contribution in [0.25, 0.3) is 121 Å². The second-order valence-electron chi connectivity index (χ2n) is 15.2. The number of nitrogens with zero attached hydrogens (tertiary/aromatic N) is 2. The van der Waals surface area contributed by atoms with Gasteiger partial charge in [-0.05, 0) is 83.9 Å². The Hall–Kier alpha value is -7.82. The molecule has 13 aromatic rings. The minimum absolute atomic E-state index is 0.769. The zero-order valence-corrected chi connectivity index (χ0v) is 31.2. The number of hydrogen-bond donors (Lipinski definition) is 0. The SMILES string of the molecule is c1ccc(-n2c3ccccc3c3cc(-c4cccc5c4oc4c5ccc5c6cccc(-c7ccc8c(c7)c7ccccc7n8-c7ccccc7)c6oc54)ccc32)cc1. The number of furan rings is 2. The summed E-state index contributed by atoms with van der Waals surface area (Å²) < 4.78 is 18.6. The van der Waals surface area contributed by atoms with Crippen LogP contribution in [-0.4, -0.2) is 9.13 Å². The molecule has 9 aromatic carbocycles. The van der Waals surface area contributed by atoms with E-state index in [2.05, 4.69) is 203 Å². The van der Waals surface area contributed by atoms with Crippen molar-refractivity contribution >= 4 is 87.5 Å². The number of fused-ring (bicyclic) bond motifs is 13. The minimum atomic E-state index is 0.769. The summed E-state index contributed by atoms with van der Waals surface area (Å²) in [7, 11) is 0. The molecule has 270 valence electrons. The van der Waals surface area contributed by atoms with Gasteiger partial charge in [-0.25, -0.2) is 0 Å². The molecular weight excluding hydrogens is 709 g/mol. The molecule has 4 aromatic heterocycles. The molecule has 4 nitrogen and oxygen atoms in total. The Bertz CT molecular complexity index is 3540. The maximum atomic E-state index is 6.95. The van der Waals surface area contributed by atoms with Gasteiger partial charge in [0.05, 0.1) is 22.1 Å². The van der Waals surface area contributed by atoms with E-state index in [0.29, 0.717) is 0 Å². The highest BCUT2D eigenvalue weighted by Crippen LogP contribution is 2.45. The molecular formula is C54H32N2O2. The lowest BCUT2D eigenvalue weighted by Crippen LogP contribution is -1.92. The van der Waals surface area contributed by atoms with Crippen molar-refractivity contribution in [2.24, 2.45) is 0 Å². The zero-order chi connectivity index (χ0) is 37.9. The van der Waals surface area contributed by atoms with E-state index in [4.69, 9.17) is 8.83 Å². The lowest BCUT2D eigenvalue weighted by molar-refractivity contribution is 0.634. The summed E-state index contributed by atoms with van der Waals surface area (Å²) in [6.45, 7) is 0. The average Bonchev–Trinajstić information content (AvgIpc) is 4.04. The first kappa shape index (κ1) is 31.4. The Labute approximate surface area is 332 Å². The van der Waals surface area contributed by atoms with Crippen LogP contribution >= 0.6 is 0 Å². The largest absolute Gasteiger partial charge is 0.451 e. The second kappa shape index (κ2) is 11.8. The summed E-state index contributed by atoms with van der Waals surface area (Å²) in [4.78, 5) is 0. The van der Waals surface area contributed by atoms with Crippen LogP contribution < -0.4 is 0 Å². The van der Waals surface area contributed by atoms with Gasteiger partial charge in [-0.15, -0.1) is 0 Å². The van der Waals surface area contributed by atoms with Gasteiger partial charge in [-0.2, -0.15) is 0 Å². The highest BCUT2D eigenvalue weighted by atomic mass is 16.4. The van der Waals surface area contributed by atoms with Gasteiger partial charge in [0.2, 0.25) is 0 Å². The first-order chi connectivity index (χ1) is 28.8. The third kappa shape index (κ3) is 4.34. The smallest absolute Gasteiger partial charge is 0.178 e. The van der Waals surface area contributed by atoms with Crippen LogP contribution in [0.3, 0.4) is 0 Å². The molecule has 13 rings (SSSR count). The normalized spacial score (nSPS) is 12.1. The number of hydrogen-bond acceptors (Lipinski definition) is 2. The number of rotatable bonds is 4. The molecule has 0 amide bonds. The summed E-state index contributed by atoms with van der Waals surface area (Å²) in [6.07, 6.45) is 0. The Morgan fingerprint density at radius 2 is 0.638 bits per heavy atom. The Kier molecular flexibility index (Phi) is 6.41. The van der Waals surface area contributed by atoms with Crippen molar-refractivity contribution in [1.29, 1.82) is 0 Å². The highest BCUT2D eigenvalue weighted by molar-refractivity contribution is 6.22. The van der Waals surface area contributed by atoms with Crippen molar-refractivity contribution in [1.82, 2.24) is 9.13 Å². The molecule has 0 atom stereocenters. The Morgan fingerprint density at radius 1 is 0.259 bits per heavy atom. The van der Waals surface area contributed by atoms with Gasteiger partial charge >= 0.3 is 0 Å². The van der Waals surface area contributed by atoms with Crippen LogP contribution in [0.1, 0.15) is 0 Å². The van der Waals surface area contributed by atoms with Crippen molar-refractivity contribution in [3.8, 4) is 33.6 Å². The zero-order valence-electron chi connectivity index (χ0n) is 31.2. The molecule has 4 heteroatoms. The fraction of sp³-hybridized carbons (Fsp3) is 0. The molecule has 0 bridgehead atoms. The van der Waals surface area contributed by atoms with Crippen molar-refractivity contribution in [2.45, 2.75) is 0 Å². The van der Waals surface area contributed by atoms with E-state index in [0.717, 1.165) is 77.5 Å². The summed E-state index contributed by atoms with van der Waals surface area (Å²) in [5.74, 6) is 0. The quantitative estimate of drug-likeness (QED) is 0.180. The first-order valence-corrected chi connectivity index (χ1v) is 19.8. The Balaban J connectivity index is 0.987. The molecule has 0 unspecified atom stereocenters. The first-order valence-electron chi connectivity index (χ1n) is 19.8. The molecule has 4 heterocycles. The predicted octanol–water partition coefficient (Wildman–Crippen LogP) is 15.0. The van der Waals surface area contributed by atoms with Crippen LogP contribution in [-0.2, 0) is 0 Å². The molecule has 0 aliphatic carbocycles. The maximum Gasteiger partial charge on any atom is 0.178 e. The number of aromatic nitrogens is 2. The number of benzene rings is 9. The molecule has 0 N–H and O–H groups in total. The third-order valence-electron chi connectivity index (χ3n) is 12.1. The molecule has 0 aliphatic heterocycles. The summed E-state index contributed by atoms with van der Waals surface area (Å²) in [6, 6.07) is 69.4. The third-order valence-corrected chi connectivity index (χ3v) is 12.1. The van der Waals surface area contributed by atoms with Gasteiger partial charge in [-0.3, -0.25) is 0 Å². The lowest BCUT2D eigenvalue weighted by atomic mass is 9.99. The van der Waals surface area contributed by atoms with E-state index in [1.54, 1.807) is 0 Å². The fourth-order valence-electron chi connectivity index (χ4n) is 9.56. The van der Waals surface area contributed by atoms with E-state index < -0.39 is 0 Å². The predicted molar refractivity (Wildman–Crippen MR) is 241 cm³/mol. The van der Waals surface area contributed by atoms with Crippen LogP contribution in [0, 0.1) is 0 Å². The van der Waals surface area contributed by atoms with Gasteiger partial charge in [0.1, 0.15) is 11.2 Å². The highest BCUT2D eigenvalue weighted by Gasteiger charge is 2.21. The van der Waals surface area contributed by atoms with Gasteiger partial charge in [0, 0.05) is 65.6 Å². The summed E-state index contributed by atoms with van der Waals surface area (Å²) in [5, 5.41) is 9.09. The van der Waals surface area contributed by atoms with Gasteiger partial charge < -0.3 is 18.0 Å². The minimum Gasteiger partial charge on any atom is -0.451 e. The molecule has 0 fully saturated rings. The monoisotopic (exact) mass is 740 g/mol. The van der Waals surface area contributed by atoms with Crippen molar-refractivity contribution in [2.75, 3.05) is 0 Å². The topological polar surface area (TPSA) is 36.1 Å². The van der Waals surface area contributed by atoms with E-state index in [-0.39, 0.29) is 0 Å². The second-order valence-corrected chi connectivity index (χ2v) is 15.2. The summed E-state index contributed by atoms with van der Waals surface area (Å²) in [5.41, 5.74) is 14.6. The van der Waals surface area contributed by atoms with Crippen LogP contribution in [0.5, 0.6) is 0 Å². The van der Waals surface area contributed by atoms with Gasteiger partial charge in [0.15, 0.2) is 11.2 Å². The molecule has 0 saturated carbocycles. The number of para-hydroxylation sites is 6. The average molecular weight is 741 g/mol. The standard InChI is InChI=1S/C54H32N2O2/c1-3-13-35(14-4-1)55-47-23-9-7-17-39(47)45-31-33(25-29-49(45)55)37-19-11-21-41-43-27-28-44-42-22-12-20-38(52(42)58-54(44)53(43)57-51(37)41)34-26-30-50-46(32-34)40-18-8-10-24-48(40)56(50)36-15-5-2-6-16-36/h1-32H. The van der Waals surface area contributed by atoms with Crippen LogP contribution in [0.15, 0.2) is 203 Å². The van der Waals surface area contributed by atoms with Crippen LogP contribution in [0.2, 0.25) is 0 Å². The van der Waals surface area contributed by atoms with E-state index in [1.165, 1.54) is 43.6 Å². The molecule has 0 spiro atoms. The van der Waals surface area contributed by atoms with Gasteiger partial charge in [0.25, 0.3) is 0 Å². The molecule has 58 heavy (non-hydrogen) atoms.